The Balaban J connectivity index is 2.16. The summed E-state index contributed by atoms with van der Waals surface area (Å²) >= 11 is 11.8. The van der Waals surface area contributed by atoms with Crippen molar-refractivity contribution in [3.05, 3.63) is 28.2 Å². The molecule has 0 radical (unpaired) electrons. The first-order valence-electron chi connectivity index (χ1n) is 5.53. The molecule has 18 heavy (non-hydrogen) atoms. The van der Waals surface area contributed by atoms with E-state index in [-0.39, 0.29) is 11.9 Å². The molecule has 98 valence electrons. The van der Waals surface area contributed by atoms with Gasteiger partial charge in [0, 0.05) is 11.1 Å². The smallest absolute Gasteiger partial charge is 0.234 e. The second-order valence-corrected chi connectivity index (χ2v) is 5.46. The molecule has 1 aromatic carbocycles. The number of nitrogens with one attached hydrogen (secondary N) is 1. The van der Waals surface area contributed by atoms with E-state index < -0.39 is 5.41 Å². The summed E-state index contributed by atoms with van der Waals surface area (Å²) in [5.74, 6) is -0.197. The van der Waals surface area contributed by atoms with Crippen LogP contribution in [0.15, 0.2) is 18.2 Å². The van der Waals surface area contributed by atoms with Crippen LogP contribution in [0.4, 0.5) is 5.69 Å². The summed E-state index contributed by atoms with van der Waals surface area (Å²) in [5.41, 5.74) is 5.68. The number of hydrogen-bond acceptors (Lipinski definition) is 3. The van der Waals surface area contributed by atoms with E-state index in [1.807, 2.05) is 0 Å². The zero-order valence-electron chi connectivity index (χ0n) is 9.87. The van der Waals surface area contributed by atoms with Crippen molar-refractivity contribution in [3.63, 3.8) is 0 Å². The fourth-order valence-corrected chi connectivity index (χ4v) is 2.23. The van der Waals surface area contributed by atoms with Gasteiger partial charge in [-0.3, -0.25) is 4.79 Å². The van der Waals surface area contributed by atoms with Crippen LogP contribution >= 0.6 is 23.2 Å². The average molecular weight is 289 g/mol. The minimum Gasteiger partial charge on any atom is -0.379 e. The van der Waals surface area contributed by atoms with Gasteiger partial charge in [0.25, 0.3) is 0 Å². The summed E-state index contributed by atoms with van der Waals surface area (Å²) in [7, 11) is 0. The van der Waals surface area contributed by atoms with Gasteiger partial charge in [0.15, 0.2) is 0 Å². The SMILES string of the molecule is CC1(C(=O)Nc2ccc(Cl)cc2Cl)COCC1N. The van der Waals surface area contributed by atoms with Crippen molar-refractivity contribution < 1.29 is 9.53 Å². The van der Waals surface area contributed by atoms with Crippen LogP contribution in [0.2, 0.25) is 10.0 Å². The predicted molar refractivity (Wildman–Crippen MR) is 72.0 cm³/mol. The molecule has 3 N–H and O–H groups in total. The highest BCUT2D eigenvalue weighted by molar-refractivity contribution is 6.36. The van der Waals surface area contributed by atoms with E-state index in [1.54, 1.807) is 25.1 Å². The average Bonchev–Trinajstić information content (AvgIpc) is 2.64. The molecule has 1 aliphatic heterocycles. The number of carbonyl (C=O) groups is 1. The van der Waals surface area contributed by atoms with Gasteiger partial charge in [-0.15, -0.1) is 0 Å². The fraction of sp³-hybridized carbons (Fsp3) is 0.417. The normalized spacial score (nSPS) is 27.2. The van der Waals surface area contributed by atoms with Crippen LogP contribution in [0.5, 0.6) is 0 Å². The van der Waals surface area contributed by atoms with Crippen LogP contribution < -0.4 is 11.1 Å². The van der Waals surface area contributed by atoms with Crippen LogP contribution in [0, 0.1) is 5.41 Å². The molecule has 1 saturated heterocycles. The molecule has 6 heteroatoms. The lowest BCUT2D eigenvalue weighted by molar-refractivity contribution is -0.125. The van der Waals surface area contributed by atoms with E-state index >= 15 is 0 Å². The molecule has 0 bridgehead atoms. The Labute approximate surface area is 115 Å². The summed E-state index contributed by atoms with van der Waals surface area (Å²) in [5, 5.41) is 3.67. The molecule has 2 atom stereocenters. The maximum Gasteiger partial charge on any atom is 0.234 e. The second-order valence-electron chi connectivity index (χ2n) is 4.62. The number of rotatable bonds is 2. The van der Waals surface area contributed by atoms with Gasteiger partial charge in [0.1, 0.15) is 0 Å². The zero-order chi connectivity index (χ0) is 13.3. The van der Waals surface area contributed by atoms with Gasteiger partial charge in [-0.1, -0.05) is 23.2 Å². The lowest BCUT2D eigenvalue weighted by Gasteiger charge is -2.25. The molecular weight excluding hydrogens is 275 g/mol. The van der Waals surface area contributed by atoms with Crippen molar-refractivity contribution >= 4 is 34.8 Å². The first-order valence-corrected chi connectivity index (χ1v) is 6.29. The van der Waals surface area contributed by atoms with Gasteiger partial charge in [0.2, 0.25) is 5.91 Å². The number of anilines is 1. The van der Waals surface area contributed by atoms with Crippen molar-refractivity contribution in [1.29, 1.82) is 0 Å². The van der Waals surface area contributed by atoms with Gasteiger partial charge >= 0.3 is 0 Å². The van der Waals surface area contributed by atoms with Crippen molar-refractivity contribution in [2.24, 2.45) is 11.1 Å². The Morgan fingerprint density at radius 3 is 2.83 bits per heavy atom. The molecule has 0 aromatic heterocycles. The third kappa shape index (κ3) is 2.47. The Kier molecular flexibility index (Phi) is 3.82. The molecule has 0 aliphatic carbocycles. The minimum absolute atomic E-state index is 0.197. The highest BCUT2D eigenvalue weighted by Gasteiger charge is 2.44. The molecule has 4 nitrogen and oxygen atoms in total. The molecule has 0 spiro atoms. The maximum absolute atomic E-state index is 12.2. The molecule has 1 fully saturated rings. The predicted octanol–water partition coefficient (Wildman–Crippen LogP) is 2.30. The molecule has 2 rings (SSSR count). The van der Waals surface area contributed by atoms with E-state index in [1.165, 1.54) is 0 Å². The Hall–Kier alpha value is -0.810. The third-order valence-electron chi connectivity index (χ3n) is 3.22. The highest BCUT2D eigenvalue weighted by Crippen LogP contribution is 2.31. The van der Waals surface area contributed by atoms with Gasteiger partial charge in [-0.05, 0) is 25.1 Å². The van der Waals surface area contributed by atoms with Crippen molar-refractivity contribution in [2.45, 2.75) is 13.0 Å². The first-order chi connectivity index (χ1) is 8.43. The summed E-state index contributed by atoms with van der Waals surface area (Å²) < 4.78 is 5.24. The maximum atomic E-state index is 12.2. The second kappa shape index (κ2) is 5.05. The molecule has 0 saturated carbocycles. The number of halogens is 2. The number of carbonyl (C=O) groups excluding carboxylic acids is 1. The monoisotopic (exact) mass is 288 g/mol. The Bertz CT molecular complexity index is 481. The standard InChI is InChI=1S/C12H14Cl2N2O2/c1-12(6-18-5-10(12)15)11(17)16-9-3-2-7(13)4-8(9)14/h2-4,10H,5-6,15H2,1H3,(H,16,17). The van der Waals surface area contributed by atoms with E-state index in [2.05, 4.69) is 5.32 Å². The number of hydrogen-bond donors (Lipinski definition) is 2. The third-order valence-corrected chi connectivity index (χ3v) is 3.76. The largest absolute Gasteiger partial charge is 0.379 e. The van der Waals surface area contributed by atoms with Gasteiger partial charge in [-0.25, -0.2) is 0 Å². The fourth-order valence-electron chi connectivity index (χ4n) is 1.78. The molecule has 1 aromatic rings. The highest BCUT2D eigenvalue weighted by atomic mass is 35.5. The Morgan fingerprint density at radius 1 is 1.56 bits per heavy atom. The van der Waals surface area contributed by atoms with Gasteiger partial charge in [0.05, 0.1) is 29.3 Å². The molecule has 1 heterocycles. The van der Waals surface area contributed by atoms with Gasteiger partial charge < -0.3 is 15.8 Å². The van der Waals surface area contributed by atoms with Crippen molar-refractivity contribution in [3.8, 4) is 0 Å². The number of amides is 1. The summed E-state index contributed by atoms with van der Waals surface area (Å²) in [6.07, 6.45) is 0. The molecular formula is C12H14Cl2N2O2. The van der Waals surface area contributed by atoms with Crippen LogP contribution in [0.3, 0.4) is 0 Å². The van der Waals surface area contributed by atoms with E-state index in [0.717, 1.165) is 0 Å². The van der Waals surface area contributed by atoms with Crippen LogP contribution in [0.25, 0.3) is 0 Å². The first kappa shape index (κ1) is 13.6. The zero-order valence-corrected chi connectivity index (χ0v) is 11.4. The molecule has 1 aliphatic rings. The van der Waals surface area contributed by atoms with Crippen LogP contribution in [0.1, 0.15) is 6.92 Å². The minimum atomic E-state index is -0.733. The van der Waals surface area contributed by atoms with Crippen molar-refractivity contribution in [2.75, 3.05) is 18.5 Å². The van der Waals surface area contributed by atoms with E-state index in [4.69, 9.17) is 33.7 Å². The number of nitrogens with two attached hydrogens (primary N) is 1. The topological polar surface area (TPSA) is 64.3 Å². The summed E-state index contributed by atoms with van der Waals surface area (Å²) in [4.78, 5) is 12.2. The van der Waals surface area contributed by atoms with Crippen molar-refractivity contribution in [1.82, 2.24) is 0 Å². The quantitative estimate of drug-likeness (QED) is 0.878. The molecule has 1 amide bonds. The lowest BCUT2D eigenvalue weighted by atomic mass is 9.85. The van der Waals surface area contributed by atoms with E-state index in [0.29, 0.717) is 28.9 Å². The number of benzene rings is 1. The van der Waals surface area contributed by atoms with Crippen LogP contribution in [-0.2, 0) is 9.53 Å². The summed E-state index contributed by atoms with van der Waals surface area (Å²) in [6, 6.07) is 4.58. The molecule has 2 unspecified atom stereocenters. The number of ether oxygens (including phenoxy) is 1. The van der Waals surface area contributed by atoms with Gasteiger partial charge in [-0.2, -0.15) is 0 Å². The summed E-state index contributed by atoms with van der Waals surface area (Å²) in [6.45, 7) is 2.48. The Morgan fingerprint density at radius 2 is 2.28 bits per heavy atom. The lowest BCUT2D eigenvalue weighted by Crippen LogP contribution is -2.47. The van der Waals surface area contributed by atoms with E-state index in [9.17, 15) is 4.79 Å². The van der Waals surface area contributed by atoms with Crippen LogP contribution in [-0.4, -0.2) is 25.2 Å².